The number of aliphatic hydroxyl groups excluding tert-OH is 6. The van der Waals surface area contributed by atoms with Gasteiger partial charge >= 0.3 is 29.3 Å². The molecule has 0 saturated carbocycles. The highest BCUT2D eigenvalue weighted by Gasteiger charge is 2.48. The Morgan fingerprint density at radius 1 is 0.639 bits per heavy atom. The predicted octanol–water partition coefficient (Wildman–Crippen LogP) is -0.444. The normalized spacial score (nSPS) is 26.5. The van der Waals surface area contributed by atoms with Crippen LogP contribution in [-0.2, 0) is 33.3 Å². The average molecular weight is 860 g/mol. The number of carbonyl (C=O) groups excluding carboxylic acids is 2. The minimum Gasteiger partial charge on any atom is -0.507 e. The largest absolute Gasteiger partial charge is 0.507 e. The number of phenolic OH excluding ortho intramolecular Hbond substituents is 5. The summed E-state index contributed by atoms with van der Waals surface area (Å²) >= 11 is 0. The van der Waals surface area contributed by atoms with Gasteiger partial charge in [0.2, 0.25) is 18.3 Å². The van der Waals surface area contributed by atoms with Crippen LogP contribution in [0.3, 0.4) is 0 Å². The number of carboxylic acids is 1. The van der Waals surface area contributed by atoms with Gasteiger partial charge in [0.1, 0.15) is 85.4 Å². The average Bonchev–Trinajstić information content (AvgIpc) is 3.21. The van der Waals surface area contributed by atoms with E-state index < -0.39 is 128 Å². The summed E-state index contributed by atoms with van der Waals surface area (Å²) in [6.45, 7) is -1.46. The van der Waals surface area contributed by atoms with Crippen LogP contribution in [0.15, 0.2) is 65.1 Å². The van der Waals surface area contributed by atoms with Crippen molar-refractivity contribution in [2.75, 3.05) is 13.2 Å². The molecule has 2 fully saturated rings. The summed E-state index contributed by atoms with van der Waals surface area (Å²) in [6.07, 6.45) is -17.1. The van der Waals surface area contributed by atoms with E-state index in [1.807, 2.05) is 0 Å². The molecule has 12 N–H and O–H groups in total. The summed E-state index contributed by atoms with van der Waals surface area (Å²) in [5.41, 5.74) is 0.155. The number of ether oxygens (including phenoxy) is 6. The first-order valence-electron chi connectivity index (χ1n) is 18.0. The summed E-state index contributed by atoms with van der Waals surface area (Å²) in [4.78, 5) is 35.1. The van der Waals surface area contributed by atoms with Crippen LogP contribution in [0.4, 0.5) is 0 Å². The second-order valence-corrected chi connectivity index (χ2v) is 13.7. The number of aromatic hydroxyl groups is 5. The lowest BCUT2D eigenvalue weighted by Gasteiger charge is -2.40. The fourth-order valence-corrected chi connectivity index (χ4v) is 6.15. The minimum atomic E-state index is -1.99. The lowest BCUT2D eigenvalue weighted by atomic mass is 9.99. The van der Waals surface area contributed by atoms with E-state index in [0.29, 0.717) is 5.56 Å². The van der Waals surface area contributed by atoms with Crippen molar-refractivity contribution in [2.45, 2.75) is 67.8 Å². The van der Waals surface area contributed by atoms with E-state index in [2.05, 4.69) is 0 Å². The molecule has 10 atom stereocenters. The summed E-state index contributed by atoms with van der Waals surface area (Å²) in [6, 6.07) is 10.5. The van der Waals surface area contributed by atoms with Crippen molar-refractivity contribution >= 4 is 35.0 Å². The Morgan fingerprint density at radius 3 is 1.87 bits per heavy atom. The molecular formula is C39H39O22+. The summed E-state index contributed by atoms with van der Waals surface area (Å²) < 4.78 is 38.8. The molecule has 3 heterocycles. The molecule has 61 heavy (non-hydrogen) atoms. The molecule has 10 unspecified atom stereocenters. The van der Waals surface area contributed by atoms with Crippen molar-refractivity contribution in [1.82, 2.24) is 0 Å². The molecular weight excluding hydrogens is 820 g/mol. The molecule has 3 aromatic carbocycles. The smallest absolute Gasteiger partial charge is 0.402 e. The molecule has 22 nitrogen and oxygen atoms in total. The van der Waals surface area contributed by atoms with Crippen molar-refractivity contribution in [3.8, 4) is 51.6 Å². The van der Waals surface area contributed by atoms with E-state index in [-0.39, 0.29) is 33.8 Å². The molecule has 0 bridgehead atoms. The number of hydrogen-bond acceptors (Lipinski definition) is 20. The topological polar surface area (TPSA) is 361 Å². The zero-order valence-corrected chi connectivity index (χ0v) is 31.2. The summed E-state index contributed by atoms with van der Waals surface area (Å²) in [5.74, 6) is -7.06. The zero-order chi connectivity index (χ0) is 44.3. The molecule has 0 aliphatic carbocycles. The summed E-state index contributed by atoms with van der Waals surface area (Å²) in [7, 11) is 0. The predicted molar refractivity (Wildman–Crippen MR) is 199 cm³/mol. The fourth-order valence-electron chi connectivity index (χ4n) is 6.15. The molecule has 326 valence electrons. The van der Waals surface area contributed by atoms with Gasteiger partial charge in [-0.05, 0) is 35.9 Å². The monoisotopic (exact) mass is 859 g/mol. The number of hydrogen-bond donors (Lipinski definition) is 12. The fraction of sp³-hybridized carbons (Fsp3) is 0.333. The van der Waals surface area contributed by atoms with E-state index >= 15 is 0 Å². The minimum absolute atomic E-state index is 0.0253. The Labute approximate surface area is 342 Å². The van der Waals surface area contributed by atoms with Crippen LogP contribution in [0.2, 0.25) is 0 Å². The van der Waals surface area contributed by atoms with E-state index in [9.17, 15) is 70.6 Å². The van der Waals surface area contributed by atoms with Crippen LogP contribution >= 0.6 is 0 Å². The van der Waals surface area contributed by atoms with Crippen LogP contribution in [-0.4, -0.2) is 154 Å². The van der Waals surface area contributed by atoms with Crippen molar-refractivity contribution in [3.05, 3.63) is 66.2 Å². The molecule has 0 radical (unpaired) electrons. The number of phenols is 5. The molecule has 2 aliphatic rings. The number of carbonyl (C=O) groups is 3. The molecule has 2 aliphatic heterocycles. The highest BCUT2D eigenvalue weighted by molar-refractivity contribution is 5.90. The van der Waals surface area contributed by atoms with Gasteiger partial charge in [-0.25, -0.2) is 9.21 Å². The number of benzene rings is 3. The maximum absolute atomic E-state index is 12.4. The Morgan fingerprint density at radius 2 is 1.25 bits per heavy atom. The van der Waals surface area contributed by atoms with Crippen LogP contribution in [0, 0.1) is 0 Å². The maximum atomic E-state index is 12.4. The van der Waals surface area contributed by atoms with Gasteiger partial charge in [-0.1, -0.05) is 6.07 Å². The Kier molecular flexibility index (Phi) is 13.3. The Balaban J connectivity index is 1.24. The third-order valence-electron chi connectivity index (χ3n) is 9.37. The van der Waals surface area contributed by atoms with Gasteiger partial charge < -0.3 is 89.7 Å². The number of fused-ring (bicyclic) bond motifs is 1. The van der Waals surface area contributed by atoms with Gasteiger partial charge in [0.25, 0.3) is 0 Å². The van der Waals surface area contributed by atoms with Gasteiger partial charge in [0.05, 0.1) is 11.6 Å². The first-order chi connectivity index (χ1) is 28.9. The number of aliphatic carboxylic acids is 1. The van der Waals surface area contributed by atoms with Crippen molar-refractivity contribution < 1.29 is 109 Å². The van der Waals surface area contributed by atoms with Gasteiger partial charge in [-0.3, -0.25) is 9.59 Å². The van der Waals surface area contributed by atoms with Gasteiger partial charge in [-0.2, -0.15) is 0 Å². The number of esters is 2. The lowest BCUT2D eigenvalue weighted by Crippen LogP contribution is -2.60. The van der Waals surface area contributed by atoms with Gasteiger partial charge in [0, 0.05) is 24.3 Å². The molecule has 1 aromatic heterocycles. The van der Waals surface area contributed by atoms with Crippen LogP contribution < -0.4 is 9.47 Å². The van der Waals surface area contributed by atoms with Crippen molar-refractivity contribution in [3.63, 3.8) is 0 Å². The van der Waals surface area contributed by atoms with E-state index in [1.54, 1.807) is 0 Å². The van der Waals surface area contributed by atoms with Crippen LogP contribution in [0.5, 0.6) is 40.2 Å². The van der Waals surface area contributed by atoms with Crippen LogP contribution in [0.1, 0.15) is 12.0 Å². The number of aliphatic hydroxyl groups is 6. The Hall–Kier alpha value is -6.50. The van der Waals surface area contributed by atoms with Crippen molar-refractivity contribution in [1.29, 1.82) is 0 Å². The third kappa shape index (κ3) is 10.1. The SMILES string of the molecule is O=C(O)CC(=O)OCC1OC(Oc2cc3c(O)cc(O)cc3[o+]c2-c2ccc(O)c(OC3OC(COC(=O)C=Cc4ccc(O)c(O)c4)C(O)C(O)C3O)c2)C(O)C(O)C1O. The molecule has 0 spiro atoms. The standard InChI is InChI=1S/C39H38O22/c40-17-9-21(43)18-11-25(59-39-36(54)34(52)32(50)27(61-39)14-56-30(48)12-28(45)46)37(57-23(18)10-17)16-3-5-20(42)24(8-16)58-38-35(53)33(51)31(49)26(60-38)13-55-29(47)6-2-15-1-4-19(41)22(44)7-15/h1-11,26-27,31-36,38-39,49-54H,12-14H2,(H5-,40,41,42,43,44,45,46,47)/p+1. The van der Waals surface area contributed by atoms with E-state index in [1.165, 1.54) is 36.4 Å². The number of carboxylic acid groups (broad SMARTS) is 1. The molecule has 2 saturated heterocycles. The third-order valence-corrected chi connectivity index (χ3v) is 9.37. The van der Waals surface area contributed by atoms with Gasteiger partial charge in [-0.15, -0.1) is 0 Å². The lowest BCUT2D eigenvalue weighted by molar-refractivity contribution is -0.278. The van der Waals surface area contributed by atoms with E-state index in [0.717, 1.165) is 30.3 Å². The van der Waals surface area contributed by atoms with Gasteiger partial charge in [0.15, 0.2) is 23.0 Å². The highest BCUT2D eigenvalue weighted by atomic mass is 16.7. The number of rotatable bonds is 13. The highest BCUT2D eigenvalue weighted by Crippen LogP contribution is 2.43. The van der Waals surface area contributed by atoms with Crippen molar-refractivity contribution in [2.24, 2.45) is 0 Å². The first kappa shape index (κ1) is 44.1. The second-order valence-electron chi connectivity index (χ2n) is 13.7. The molecule has 6 rings (SSSR count). The zero-order valence-electron chi connectivity index (χ0n) is 31.2. The first-order valence-corrected chi connectivity index (χ1v) is 18.0. The Bertz CT molecular complexity index is 2300. The molecule has 4 aromatic rings. The second kappa shape index (κ2) is 18.4. The van der Waals surface area contributed by atoms with E-state index in [4.69, 9.17) is 37.9 Å². The molecule has 22 heteroatoms. The quantitative estimate of drug-likeness (QED) is 0.0266. The maximum Gasteiger partial charge on any atom is 0.402 e. The molecule has 0 amide bonds. The van der Waals surface area contributed by atoms with Crippen LogP contribution in [0.25, 0.3) is 28.4 Å². The summed E-state index contributed by atoms with van der Waals surface area (Å²) in [5, 5.41) is 123.